The maximum absolute atomic E-state index is 4.67. The van der Waals surface area contributed by atoms with Gasteiger partial charge in [-0.15, -0.1) is 24.0 Å². The zero-order valence-electron chi connectivity index (χ0n) is 16.6. The molecule has 1 aliphatic heterocycles. The van der Waals surface area contributed by atoms with Crippen LogP contribution in [0, 0.1) is 0 Å². The molecule has 0 saturated carbocycles. The fourth-order valence-corrected chi connectivity index (χ4v) is 3.19. The molecule has 0 radical (unpaired) electrons. The monoisotopic (exact) mass is 494 g/mol. The first-order chi connectivity index (χ1) is 13.3. The number of guanidine groups is 1. The van der Waals surface area contributed by atoms with Gasteiger partial charge in [0.15, 0.2) is 5.96 Å². The molecule has 2 aromatic rings. The summed E-state index contributed by atoms with van der Waals surface area (Å²) in [6, 6.07) is 10.2. The van der Waals surface area contributed by atoms with E-state index in [1.807, 2.05) is 24.4 Å². The topological polar surface area (TPSA) is 65.4 Å². The lowest BCUT2D eigenvalue weighted by atomic mass is 10.2. The number of halogens is 1. The number of aliphatic imine (C=N–C) groups is 1. The molecule has 3 heterocycles. The van der Waals surface area contributed by atoms with Crippen LogP contribution in [-0.4, -0.2) is 35.6 Å². The maximum atomic E-state index is 4.67. The molecule has 2 aromatic heterocycles. The number of nitrogens with zero attached hydrogens (tertiary/aromatic N) is 4. The van der Waals surface area contributed by atoms with Crippen LogP contribution in [-0.2, 0) is 13.1 Å². The third kappa shape index (κ3) is 7.26. The smallest absolute Gasteiger partial charge is 0.191 e. The van der Waals surface area contributed by atoms with Gasteiger partial charge in [-0.25, -0.2) is 9.98 Å². The summed E-state index contributed by atoms with van der Waals surface area (Å²) in [5.41, 5.74) is 2.11. The molecule has 1 aliphatic rings. The van der Waals surface area contributed by atoms with Crippen molar-refractivity contribution in [2.75, 3.05) is 24.5 Å². The van der Waals surface area contributed by atoms with Crippen LogP contribution in [0.3, 0.4) is 0 Å². The van der Waals surface area contributed by atoms with Crippen molar-refractivity contribution in [3.8, 4) is 0 Å². The highest BCUT2D eigenvalue weighted by molar-refractivity contribution is 14.0. The minimum atomic E-state index is 0. The number of nitrogens with one attached hydrogen (secondary N) is 2. The van der Waals surface area contributed by atoms with Crippen molar-refractivity contribution in [1.29, 1.82) is 0 Å². The Bertz CT molecular complexity index is 697. The molecule has 7 heteroatoms. The Morgan fingerprint density at radius 2 is 1.86 bits per heavy atom. The van der Waals surface area contributed by atoms with Crippen molar-refractivity contribution in [1.82, 2.24) is 20.6 Å². The van der Waals surface area contributed by atoms with Gasteiger partial charge in [-0.2, -0.15) is 0 Å². The van der Waals surface area contributed by atoms with E-state index in [4.69, 9.17) is 0 Å². The second-order valence-electron chi connectivity index (χ2n) is 6.80. The molecular weight excluding hydrogens is 463 g/mol. The molecule has 28 heavy (non-hydrogen) atoms. The molecule has 1 fully saturated rings. The molecule has 2 N–H and O–H groups in total. The highest BCUT2D eigenvalue weighted by Gasteiger charge is 2.10. The minimum Gasteiger partial charge on any atom is -0.357 e. The van der Waals surface area contributed by atoms with E-state index in [0.29, 0.717) is 13.1 Å². The number of aromatic nitrogens is 2. The van der Waals surface area contributed by atoms with E-state index >= 15 is 0 Å². The summed E-state index contributed by atoms with van der Waals surface area (Å²) in [5, 5.41) is 6.60. The molecule has 0 amide bonds. The SMILES string of the molecule is CCNC(=NCc1ccc(N2CCCCCC2)nc1)NCc1ccccn1.I. The van der Waals surface area contributed by atoms with Gasteiger partial charge in [-0.3, -0.25) is 4.98 Å². The number of hydrogen-bond acceptors (Lipinski definition) is 4. The Labute approximate surface area is 185 Å². The van der Waals surface area contributed by atoms with E-state index in [1.165, 1.54) is 25.7 Å². The van der Waals surface area contributed by atoms with Crippen LogP contribution >= 0.6 is 24.0 Å². The molecule has 3 rings (SSSR count). The molecule has 0 atom stereocenters. The average molecular weight is 494 g/mol. The van der Waals surface area contributed by atoms with E-state index in [9.17, 15) is 0 Å². The zero-order chi connectivity index (χ0) is 18.7. The fourth-order valence-electron chi connectivity index (χ4n) is 3.19. The normalized spacial score (nSPS) is 14.8. The predicted molar refractivity (Wildman–Crippen MR) is 126 cm³/mol. The molecule has 0 aliphatic carbocycles. The van der Waals surface area contributed by atoms with E-state index in [2.05, 4.69) is 49.6 Å². The Kier molecular flexibility index (Phi) is 10.0. The maximum Gasteiger partial charge on any atom is 0.191 e. The van der Waals surface area contributed by atoms with Crippen LogP contribution in [0.5, 0.6) is 0 Å². The summed E-state index contributed by atoms with van der Waals surface area (Å²) in [6.07, 6.45) is 8.96. The lowest BCUT2D eigenvalue weighted by molar-refractivity contribution is 0.726. The van der Waals surface area contributed by atoms with Gasteiger partial charge in [-0.05, 0) is 43.5 Å². The van der Waals surface area contributed by atoms with Crippen LogP contribution in [0.4, 0.5) is 5.82 Å². The first kappa shape index (κ1) is 22.4. The molecule has 0 aromatic carbocycles. The summed E-state index contributed by atoms with van der Waals surface area (Å²) in [6.45, 7) is 6.37. The Hall–Kier alpha value is -1.90. The molecule has 1 saturated heterocycles. The van der Waals surface area contributed by atoms with Gasteiger partial charge in [0, 0.05) is 32.0 Å². The van der Waals surface area contributed by atoms with Crippen LogP contribution in [0.1, 0.15) is 43.9 Å². The van der Waals surface area contributed by atoms with E-state index in [1.54, 1.807) is 6.20 Å². The third-order valence-electron chi connectivity index (χ3n) is 4.67. The van der Waals surface area contributed by atoms with E-state index < -0.39 is 0 Å². The van der Waals surface area contributed by atoms with E-state index in [-0.39, 0.29) is 24.0 Å². The van der Waals surface area contributed by atoms with Gasteiger partial charge in [0.05, 0.1) is 18.8 Å². The number of rotatable bonds is 6. The summed E-state index contributed by atoms with van der Waals surface area (Å²) < 4.78 is 0. The van der Waals surface area contributed by atoms with Crippen molar-refractivity contribution >= 4 is 35.8 Å². The quantitative estimate of drug-likeness (QED) is 0.364. The second kappa shape index (κ2) is 12.5. The fraction of sp³-hybridized carbons (Fsp3) is 0.476. The number of anilines is 1. The van der Waals surface area contributed by atoms with Crippen molar-refractivity contribution < 1.29 is 0 Å². The van der Waals surface area contributed by atoms with Gasteiger partial charge in [0.25, 0.3) is 0 Å². The predicted octanol–water partition coefficient (Wildman–Crippen LogP) is 3.73. The van der Waals surface area contributed by atoms with Crippen molar-refractivity contribution in [3.05, 3.63) is 54.0 Å². The number of hydrogen-bond donors (Lipinski definition) is 2. The molecule has 0 unspecified atom stereocenters. The minimum absolute atomic E-state index is 0. The Morgan fingerprint density at radius 3 is 2.50 bits per heavy atom. The van der Waals surface area contributed by atoms with Crippen LogP contribution in [0.15, 0.2) is 47.7 Å². The first-order valence-corrected chi connectivity index (χ1v) is 9.97. The van der Waals surface area contributed by atoms with Crippen LogP contribution in [0.25, 0.3) is 0 Å². The zero-order valence-corrected chi connectivity index (χ0v) is 18.9. The third-order valence-corrected chi connectivity index (χ3v) is 4.67. The van der Waals surface area contributed by atoms with Gasteiger partial charge in [0.1, 0.15) is 5.82 Å². The second-order valence-corrected chi connectivity index (χ2v) is 6.80. The lowest BCUT2D eigenvalue weighted by Crippen LogP contribution is -2.37. The van der Waals surface area contributed by atoms with Gasteiger partial charge < -0.3 is 15.5 Å². The highest BCUT2D eigenvalue weighted by atomic mass is 127. The molecule has 0 bridgehead atoms. The largest absolute Gasteiger partial charge is 0.357 e. The summed E-state index contributed by atoms with van der Waals surface area (Å²) in [7, 11) is 0. The summed E-state index contributed by atoms with van der Waals surface area (Å²) >= 11 is 0. The molecule has 152 valence electrons. The van der Waals surface area contributed by atoms with Gasteiger partial charge in [-0.1, -0.05) is 25.0 Å². The van der Waals surface area contributed by atoms with Crippen LogP contribution < -0.4 is 15.5 Å². The Morgan fingerprint density at radius 1 is 1.04 bits per heavy atom. The van der Waals surface area contributed by atoms with Crippen molar-refractivity contribution in [3.63, 3.8) is 0 Å². The lowest BCUT2D eigenvalue weighted by Gasteiger charge is -2.21. The Balaban J connectivity index is 0.00000280. The number of pyridine rings is 2. The average Bonchev–Trinajstić information content (AvgIpc) is 3.01. The van der Waals surface area contributed by atoms with Crippen molar-refractivity contribution in [2.45, 2.75) is 45.7 Å². The summed E-state index contributed by atoms with van der Waals surface area (Å²) in [4.78, 5) is 16.1. The first-order valence-electron chi connectivity index (χ1n) is 9.97. The van der Waals surface area contributed by atoms with Crippen LogP contribution in [0.2, 0.25) is 0 Å². The highest BCUT2D eigenvalue weighted by Crippen LogP contribution is 2.17. The standard InChI is InChI=1S/C21H30N6.HI/c1-2-22-21(26-17-19-9-5-6-12-23-19)25-16-18-10-11-20(24-15-18)27-13-7-3-4-8-14-27;/h5-6,9-12,15H,2-4,7-8,13-14,16-17H2,1H3,(H2,22,25,26);1H. The van der Waals surface area contributed by atoms with Gasteiger partial charge >= 0.3 is 0 Å². The van der Waals surface area contributed by atoms with Gasteiger partial charge in [0.2, 0.25) is 0 Å². The van der Waals surface area contributed by atoms with E-state index in [0.717, 1.165) is 42.7 Å². The molecule has 6 nitrogen and oxygen atoms in total. The van der Waals surface area contributed by atoms with Crippen molar-refractivity contribution in [2.24, 2.45) is 4.99 Å². The summed E-state index contributed by atoms with van der Waals surface area (Å²) in [5.74, 6) is 1.88. The molecular formula is C21H31IN6. The molecule has 0 spiro atoms.